The molecule has 5 nitrogen and oxygen atoms in total. The first-order chi connectivity index (χ1) is 12.2. The fourth-order valence-corrected chi connectivity index (χ4v) is 2.77. The van der Waals surface area contributed by atoms with Gasteiger partial charge in [0, 0.05) is 17.3 Å². The SMILES string of the molecule is CC1=NNC(=O)C1=Cc1cn(-c2ccccc2)nc1-c1ccccc1. The first-order valence-corrected chi connectivity index (χ1v) is 7.99. The number of para-hydroxylation sites is 1. The van der Waals surface area contributed by atoms with Crippen LogP contribution >= 0.6 is 0 Å². The maximum absolute atomic E-state index is 12.0. The molecule has 0 aliphatic carbocycles. The standard InChI is InChI=1S/C20H16N4O/c1-14-18(20(25)22-21-14)12-16-13-24(17-10-6-3-7-11-17)23-19(16)15-8-4-2-5-9-15/h2-13H,1H3,(H,22,25). The van der Waals surface area contributed by atoms with Crippen molar-refractivity contribution >= 4 is 17.7 Å². The average molecular weight is 328 g/mol. The van der Waals surface area contributed by atoms with Crippen LogP contribution in [0, 0.1) is 0 Å². The molecule has 1 aliphatic heterocycles. The highest BCUT2D eigenvalue weighted by Gasteiger charge is 2.20. The number of rotatable bonds is 3. The van der Waals surface area contributed by atoms with E-state index in [0.29, 0.717) is 11.3 Å². The van der Waals surface area contributed by atoms with Crippen LogP contribution in [0.25, 0.3) is 23.0 Å². The van der Waals surface area contributed by atoms with E-state index in [1.165, 1.54) is 0 Å². The van der Waals surface area contributed by atoms with Gasteiger partial charge in [0.25, 0.3) is 5.91 Å². The Morgan fingerprint density at radius 2 is 1.68 bits per heavy atom. The van der Waals surface area contributed by atoms with E-state index in [1.54, 1.807) is 0 Å². The highest BCUT2D eigenvalue weighted by molar-refractivity contribution is 6.26. The Labute approximate surface area is 145 Å². The molecule has 0 bridgehead atoms. The summed E-state index contributed by atoms with van der Waals surface area (Å²) < 4.78 is 1.83. The summed E-state index contributed by atoms with van der Waals surface area (Å²) in [6.45, 7) is 1.81. The summed E-state index contributed by atoms with van der Waals surface area (Å²) in [5, 5.41) is 8.73. The van der Waals surface area contributed by atoms with Gasteiger partial charge in [-0.2, -0.15) is 10.2 Å². The molecule has 0 spiro atoms. The smallest absolute Gasteiger partial charge is 0.267 e. The number of amides is 1. The lowest BCUT2D eigenvalue weighted by Crippen LogP contribution is -2.12. The van der Waals surface area contributed by atoms with Crippen molar-refractivity contribution in [1.82, 2.24) is 15.2 Å². The molecule has 0 saturated heterocycles. The van der Waals surface area contributed by atoms with Gasteiger partial charge < -0.3 is 0 Å². The number of nitrogens with one attached hydrogen (secondary N) is 1. The van der Waals surface area contributed by atoms with Gasteiger partial charge in [0.05, 0.1) is 22.7 Å². The van der Waals surface area contributed by atoms with Crippen molar-refractivity contribution in [3.8, 4) is 16.9 Å². The normalized spacial score (nSPS) is 15.3. The van der Waals surface area contributed by atoms with Crippen molar-refractivity contribution in [1.29, 1.82) is 0 Å². The molecule has 1 aliphatic rings. The molecule has 0 radical (unpaired) electrons. The average Bonchev–Trinajstić information content (AvgIpc) is 3.22. The first kappa shape index (κ1) is 15.1. The van der Waals surface area contributed by atoms with Gasteiger partial charge in [0.1, 0.15) is 0 Å². The van der Waals surface area contributed by atoms with Gasteiger partial charge in [0.2, 0.25) is 0 Å². The Hall–Kier alpha value is -3.47. The third-order valence-corrected chi connectivity index (χ3v) is 4.07. The zero-order valence-corrected chi connectivity index (χ0v) is 13.7. The Kier molecular flexibility index (Phi) is 3.74. The van der Waals surface area contributed by atoms with Crippen molar-refractivity contribution in [2.45, 2.75) is 6.92 Å². The van der Waals surface area contributed by atoms with Gasteiger partial charge in [-0.15, -0.1) is 0 Å². The number of nitrogens with zero attached hydrogens (tertiary/aromatic N) is 3. The third-order valence-electron chi connectivity index (χ3n) is 4.07. The molecule has 1 amide bonds. The van der Waals surface area contributed by atoms with Crippen molar-refractivity contribution in [2.24, 2.45) is 5.10 Å². The van der Waals surface area contributed by atoms with E-state index in [9.17, 15) is 4.79 Å². The van der Waals surface area contributed by atoms with E-state index in [0.717, 1.165) is 22.5 Å². The zero-order chi connectivity index (χ0) is 17.2. The lowest BCUT2D eigenvalue weighted by molar-refractivity contribution is -0.116. The number of hydrogen-bond acceptors (Lipinski definition) is 3. The molecular formula is C20H16N4O. The van der Waals surface area contributed by atoms with Gasteiger partial charge >= 0.3 is 0 Å². The van der Waals surface area contributed by atoms with E-state index < -0.39 is 0 Å². The molecule has 122 valence electrons. The summed E-state index contributed by atoms with van der Waals surface area (Å²) in [6.07, 6.45) is 3.78. The second-order valence-corrected chi connectivity index (χ2v) is 5.78. The fourth-order valence-electron chi connectivity index (χ4n) is 2.77. The molecule has 1 N–H and O–H groups in total. The predicted molar refractivity (Wildman–Crippen MR) is 98.2 cm³/mol. The zero-order valence-electron chi connectivity index (χ0n) is 13.7. The number of aromatic nitrogens is 2. The van der Waals surface area contributed by atoms with Crippen LogP contribution in [0.15, 0.2) is 77.5 Å². The predicted octanol–water partition coefficient (Wildman–Crippen LogP) is 3.43. The van der Waals surface area contributed by atoms with Crippen LogP contribution in [-0.4, -0.2) is 21.4 Å². The summed E-state index contributed by atoms with van der Waals surface area (Å²) in [6, 6.07) is 19.8. The van der Waals surface area contributed by atoms with Crippen LogP contribution in [-0.2, 0) is 4.79 Å². The maximum Gasteiger partial charge on any atom is 0.273 e. The molecule has 3 aromatic rings. The van der Waals surface area contributed by atoms with E-state index in [4.69, 9.17) is 5.10 Å². The van der Waals surface area contributed by atoms with E-state index in [1.807, 2.05) is 84.5 Å². The van der Waals surface area contributed by atoms with Crippen LogP contribution in [0.5, 0.6) is 0 Å². The molecule has 0 saturated carbocycles. The maximum atomic E-state index is 12.0. The second-order valence-electron chi connectivity index (χ2n) is 5.78. The van der Waals surface area contributed by atoms with Crippen molar-refractivity contribution in [3.05, 3.63) is 78.0 Å². The summed E-state index contributed by atoms with van der Waals surface area (Å²) >= 11 is 0. The monoisotopic (exact) mass is 328 g/mol. The molecule has 2 aromatic carbocycles. The Morgan fingerprint density at radius 1 is 1.00 bits per heavy atom. The van der Waals surface area contributed by atoms with E-state index >= 15 is 0 Å². The number of carbonyl (C=O) groups excluding carboxylic acids is 1. The highest BCUT2D eigenvalue weighted by atomic mass is 16.2. The Morgan fingerprint density at radius 3 is 2.32 bits per heavy atom. The molecule has 5 heteroatoms. The molecule has 0 unspecified atom stereocenters. The van der Waals surface area contributed by atoms with Crippen molar-refractivity contribution in [3.63, 3.8) is 0 Å². The molecule has 0 atom stereocenters. The minimum absolute atomic E-state index is 0.191. The van der Waals surface area contributed by atoms with Gasteiger partial charge in [-0.3, -0.25) is 4.79 Å². The third kappa shape index (κ3) is 2.87. The highest BCUT2D eigenvalue weighted by Crippen LogP contribution is 2.26. The first-order valence-electron chi connectivity index (χ1n) is 7.99. The molecule has 25 heavy (non-hydrogen) atoms. The van der Waals surface area contributed by atoms with Crippen molar-refractivity contribution < 1.29 is 4.79 Å². The molecule has 2 heterocycles. The number of carbonyl (C=O) groups is 1. The van der Waals surface area contributed by atoms with Gasteiger partial charge in [-0.25, -0.2) is 10.1 Å². The quantitative estimate of drug-likeness (QED) is 0.749. The van der Waals surface area contributed by atoms with Crippen molar-refractivity contribution in [2.75, 3.05) is 0 Å². The summed E-state index contributed by atoms with van der Waals surface area (Å²) in [5.41, 5.74) is 7.38. The molecule has 0 fully saturated rings. The summed E-state index contributed by atoms with van der Waals surface area (Å²) in [4.78, 5) is 12.0. The molecular weight excluding hydrogens is 312 g/mol. The minimum Gasteiger partial charge on any atom is -0.267 e. The summed E-state index contributed by atoms with van der Waals surface area (Å²) in [5.74, 6) is -0.191. The van der Waals surface area contributed by atoms with Gasteiger partial charge in [0.15, 0.2) is 0 Å². The second kappa shape index (κ2) is 6.20. The van der Waals surface area contributed by atoms with Crippen LogP contribution in [0.2, 0.25) is 0 Å². The number of hydrazone groups is 1. The lowest BCUT2D eigenvalue weighted by atomic mass is 10.0. The van der Waals surface area contributed by atoms with Gasteiger partial charge in [-0.05, 0) is 25.1 Å². The van der Waals surface area contributed by atoms with E-state index in [2.05, 4.69) is 10.5 Å². The van der Waals surface area contributed by atoms with Crippen LogP contribution < -0.4 is 5.43 Å². The van der Waals surface area contributed by atoms with E-state index in [-0.39, 0.29) is 5.91 Å². The Balaban J connectivity index is 1.87. The minimum atomic E-state index is -0.191. The van der Waals surface area contributed by atoms with Crippen LogP contribution in [0.4, 0.5) is 0 Å². The van der Waals surface area contributed by atoms with Crippen LogP contribution in [0.3, 0.4) is 0 Å². The molecule has 1 aromatic heterocycles. The topological polar surface area (TPSA) is 59.3 Å². The fraction of sp³-hybridized carbons (Fsp3) is 0.0500. The summed E-state index contributed by atoms with van der Waals surface area (Å²) in [7, 11) is 0. The van der Waals surface area contributed by atoms with Crippen LogP contribution in [0.1, 0.15) is 12.5 Å². The number of benzene rings is 2. The van der Waals surface area contributed by atoms with Gasteiger partial charge in [-0.1, -0.05) is 48.5 Å². The largest absolute Gasteiger partial charge is 0.273 e. The number of hydrogen-bond donors (Lipinski definition) is 1. The molecule has 4 rings (SSSR count). The Bertz CT molecular complexity index is 985. The lowest BCUT2D eigenvalue weighted by Gasteiger charge is -2.00.